The van der Waals surface area contributed by atoms with Crippen LogP contribution in [-0.4, -0.2) is 51.9 Å². The molecule has 212 valence electrons. The molecule has 0 radical (unpaired) electrons. The molecule has 1 N–H and O–H groups in total. The monoisotopic (exact) mass is 573 g/mol. The molecule has 0 unspecified atom stereocenters. The second-order valence-electron chi connectivity index (χ2n) is 11.3. The van der Waals surface area contributed by atoms with Crippen LogP contribution in [0, 0.1) is 16.7 Å². The Morgan fingerprint density at radius 3 is 1.97 bits per heavy atom. The molecule has 4 atom stereocenters. The lowest BCUT2D eigenvalue weighted by Gasteiger charge is -2.39. The van der Waals surface area contributed by atoms with E-state index >= 15 is 0 Å². The molecule has 1 aliphatic rings. The molecule has 0 heterocycles. The van der Waals surface area contributed by atoms with Gasteiger partial charge in [-0.05, 0) is 34.8 Å². The number of hydrogen-bond donors (Lipinski definition) is 1. The highest BCUT2D eigenvalue weighted by molar-refractivity contribution is 6.74. The molecule has 0 spiro atoms. The number of benzene rings is 2. The molecule has 0 bridgehead atoms. The third kappa shape index (κ3) is 7.78. The fourth-order valence-electron chi connectivity index (χ4n) is 4.26. The van der Waals surface area contributed by atoms with Crippen molar-refractivity contribution in [1.82, 2.24) is 0 Å². The zero-order chi connectivity index (χ0) is 28.5. The fraction of sp³-hybridized carbons (Fsp3) is 0.500. The quantitative estimate of drug-likeness (QED) is 0.175. The number of nitriles is 1. The van der Waals surface area contributed by atoms with Crippen molar-refractivity contribution in [3.8, 4) is 6.07 Å². The Balaban J connectivity index is 1.76. The Morgan fingerprint density at radius 2 is 1.49 bits per heavy atom. The van der Waals surface area contributed by atoms with Crippen LogP contribution in [0.3, 0.4) is 0 Å². The summed E-state index contributed by atoms with van der Waals surface area (Å²) in [5, 5.41) is 21.9. The maximum atomic E-state index is 11.5. The summed E-state index contributed by atoms with van der Waals surface area (Å²) in [4.78, 5) is 0. The van der Waals surface area contributed by atoms with Crippen LogP contribution >= 0.6 is 11.6 Å². The van der Waals surface area contributed by atoms with Gasteiger partial charge in [-0.25, -0.2) is 0 Å². The van der Waals surface area contributed by atoms with Crippen molar-refractivity contribution in [2.45, 2.75) is 70.4 Å². The number of nitrogens with zero attached hydrogens (tertiary/aromatic N) is 1. The minimum absolute atomic E-state index is 0.0467. The van der Waals surface area contributed by atoms with Crippen LogP contribution in [-0.2, 0) is 36.6 Å². The van der Waals surface area contributed by atoms with Gasteiger partial charge in [0, 0.05) is 5.54 Å². The lowest BCUT2D eigenvalue weighted by Crippen LogP contribution is -2.47. The Kier molecular flexibility index (Phi) is 11.3. The van der Waals surface area contributed by atoms with Crippen molar-refractivity contribution in [3.05, 3.63) is 82.9 Å². The summed E-state index contributed by atoms with van der Waals surface area (Å²) in [6.45, 7) is 10.9. The Bertz CT molecular complexity index is 1100. The van der Waals surface area contributed by atoms with E-state index in [0.29, 0.717) is 18.8 Å². The van der Waals surface area contributed by atoms with Crippen LogP contribution in [0.1, 0.15) is 31.9 Å². The van der Waals surface area contributed by atoms with Gasteiger partial charge in [-0.3, -0.25) is 0 Å². The van der Waals surface area contributed by atoms with Crippen LogP contribution in [0.2, 0.25) is 18.1 Å². The third-order valence-electron chi connectivity index (χ3n) is 7.52. The minimum atomic E-state index is -2.36. The molecule has 0 saturated heterocycles. The standard InChI is InChI=1S/C30H40ClNO6Si/c1-29(2,3)39(4,5)38-27-25(16-31)30(19-32,20-36-21-34-17-23-12-8-6-9-13-23)28(26(27)33)37-22-35-18-24-14-10-7-11-15-24/h6-16,26-28,33H,17-18,20-22H2,1-5H3/b25-16-/t26-,27-,28-,30-/m0/s1. The summed E-state index contributed by atoms with van der Waals surface area (Å²) in [6.07, 6.45) is -2.97. The highest BCUT2D eigenvalue weighted by atomic mass is 35.5. The summed E-state index contributed by atoms with van der Waals surface area (Å²) in [5.74, 6) is 0. The Labute approximate surface area is 238 Å². The summed E-state index contributed by atoms with van der Waals surface area (Å²) in [5.41, 5.74) is 2.35. The van der Waals surface area contributed by atoms with Crippen LogP contribution in [0.4, 0.5) is 0 Å². The van der Waals surface area contributed by atoms with E-state index in [1.807, 2.05) is 60.7 Å². The van der Waals surface area contributed by atoms with Crippen molar-refractivity contribution < 1.29 is 28.5 Å². The molecule has 0 aliphatic heterocycles. The van der Waals surface area contributed by atoms with Crippen molar-refractivity contribution in [2.24, 2.45) is 5.41 Å². The summed E-state index contributed by atoms with van der Waals surface area (Å²) >= 11 is 6.34. The van der Waals surface area contributed by atoms with Gasteiger partial charge < -0.3 is 28.5 Å². The molecule has 39 heavy (non-hydrogen) atoms. The van der Waals surface area contributed by atoms with Crippen LogP contribution in [0.15, 0.2) is 71.8 Å². The second kappa shape index (κ2) is 14.0. The fourth-order valence-corrected chi connectivity index (χ4v) is 5.83. The maximum absolute atomic E-state index is 11.5. The van der Waals surface area contributed by atoms with Gasteiger partial charge in [-0.1, -0.05) is 93.0 Å². The molecular formula is C30H40ClNO6Si. The van der Waals surface area contributed by atoms with Gasteiger partial charge in [-0.15, -0.1) is 0 Å². The number of hydrogen-bond acceptors (Lipinski definition) is 7. The average molecular weight is 574 g/mol. The SMILES string of the molecule is CC(C)(C)[Si](C)(C)O[C@H]1/C(=C/Cl)[C@](C#N)(COCOCc2ccccc2)[C@@H](OCOCc2ccccc2)[C@H]1O. The normalized spacial score (nSPS) is 24.7. The van der Waals surface area contributed by atoms with Gasteiger partial charge in [0.05, 0.1) is 32.0 Å². The zero-order valence-electron chi connectivity index (χ0n) is 23.4. The third-order valence-corrected chi connectivity index (χ3v) is 12.2. The average Bonchev–Trinajstić information content (AvgIpc) is 3.13. The largest absolute Gasteiger partial charge is 0.407 e. The van der Waals surface area contributed by atoms with Crippen molar-refractivity contribution >= 4 is 19.9 Å². The van der Waals surface area contributed by atoms with E-state index in [1.54, 1.807) is 0 Å². The predicted molar refractivity (Wildman–Crippen MR) is 153 cm³/mol. The number of aliphatic hydroxyl groups excluding tert-OH is 1. The molecule has 0 aromatic heterocycles. The molecule has 1 saturated carbocycles. The molecule has 7 nitrogen and oxygen atoms in total. The van der Waals surface area contributed by atoms with E-state index in [0.717, 1.165) is 11.1 Å². The number of rotatable bonds is 13. The summed E-state index contributed by atoms with van der Waals surface area (Å²) < 4.78 is 29.9. The van der Waals surface area contributed by atoms with E-state index in [9.17, 15) is 10.4 Å². The molecule has 1 fully saturated rings. The first-order chi connectivity index (χ1) is 18.6. The first-order valence-corrected chi connectivity index (χ1v) is 16.4. The van der Waals surface area contributed by atoms with Gasteiger partial charge in [0.25, 0.3) is 0 Å². The lowest BCUT2D eigenvalue weighted by atomic mass is 9.83. The highest BCUT2D eigenvalue weighted by Gasteiger charge is 2.61. The van der Waals surface area contributed by atoms with Crippen molar-refractivity contribution in [2.75, 3.05) is 20.2 Å². The topological polar surface area (TPSA) is 90.2 Å². The van der Waals surface area contributed by atoms with Gasteiger partial charge in [0.1, 0.15) is 31.2 Å². The minimum Gasteiger partial charge on any atom is -0.407 e. The number of halogens is 1. The smallest absolute Gasteiger partial charge is 0.193 e. The second-order valence-corrected chi connectivity index (χ2v) is 16.3. The van der Waals surface area contributed by atoms with Crippen molar-refractivity contribution in [3.63, 3.8) is 0 Å². The molecule has 3 rings (SSSR count). The molecule has 2 aromatic carbocycles. The molecule has 1 aliphatic carbocycles. The van der Waals surface area contributed by atoms with Crippen LogP contribution in [0.25, 0.3) is 0 Å². The van der Waals surface area contributed by atoms with E-state index in [4.69, 9.17) is 35.0 Å². The van der Waals surface area contributed by atoms with Crippen LogP contribution in [0.5, 0.6) is 0 Å². The summed E-state index contributed by atoms with van der Waals surface area (Å²) in [7, 11) is -2.36. The highest BCUT2D eigenvalue weighted by Crippen LogP contribution is 2.49. The van der Waals surface area contributed by atoms with E-state index < -0.39 is 32.0 Å². The van der Waals surface area contributed by atoms with Crippen LogP contribution < -0.4 is 0 Å². The zero-order valence-corrected chi connectivity index (χ0v) is 25.2. The molecule has 2 aromatic rings. The van der Waals surface area contributed by atoms with Gasteiger partial charge in [-0.2, -0.15) is 5.26 Å². The predicted octanol–water partition coefficient (Wildman–Crippen LogP) is 6.13. The molecular weight excluding hydrogens is 534 g/mol. The first kappa shape index (κ1) is 31.5. The summed E-state index contributed by atoms with van der Waals surface area (Å²) in [6, 6.07) is 21.8. The van der Waals surface area contributed by atoms with Gasteiger partial charge in [0.15, 0.2) is 8.32 Å². The van der Waals surface area contributed by atoms with Crippen molar-refractivity contribution in [1.29, 1.82) is 5.26 Å². The Hall–Kier alpha value is -2.06. The maximum Gasteiger partial charge on any atom is 0.193 e. The van der Waals surface area contributed by atoms with Gasteiger partial charge in [0.2, 0.25) is 0 Å². The van der Waals surface area contributed by atoms with Gasteiger partial charge >= 0.3 is 0 Å². The van der Waals surface area contributed by atoms with E-state index in [1.165, 1.54) is 5.54 Å². The lowest BCUT2D eigenvalue weighted by molar-refractivity contribution is -0.162. The first-order valence-electron chi connectivity index (χ1n) is 13.1. The number of aliphatic hydroxyl groups is 1. The Morgan fingerprint density at radius 1 is 0.949 bits per heavy atom. The molecule has 0 amide bonds. The number of ether oxygens (including phenoxy) is 4. The van der Waals surface area contributed by atoms with E-state index in [-0.39, 0.29) is 25.2 Å². The molecule has 9 heteroatoms. The van der Waals surface area contributed by atoms with E-state index in [2.05, 4.69) is 39.9 Å².